The van der Waals surface area contributed by atoms with Crippen LogP contribution in [0.1, 0.15) is 28.0 Å². The van der Waals surface area contributed by atoms with Gasteiger partial charge >= 0.3 is 0 Å². The smallest absolute Gasteiger partial charge is 0.192 e. The summed E-state index contributed by atoms with van der Waals surface area (Å²) in [4.78, 5) is 12.8. The summed E-state index contributed by atoms with van der Waals surface area (Å²) in [5.74, 6) is 0.0633. The van der Waals surface area contributed by atoms with Gasteiger partial charge in [-0.15, -0.1) is 0 Å². The molecule has 0 unspecified atom stereocenters. The molecule has 1 aliphatic rings. The van der Waals surface area contributed by atoms with Crippen molar-refractivity contribution in [1.29, 1.82) is 0 Å². The largest absolute Gasteiger partial charge is 0.289 e. The monoisotopic (exact) mass is 334 g/mol. The maximum absolute atomic E-state index is 12.8. The van der Waals surface area contributed by atoms with Gasteiger partial charge in [0.2, 0.25) is 0 Å². The average Bonchev–Trinajstić information content (AvgIpc) is 3.05. The van der Waals surface area contributed by atoms with E-state index in [0.29, 0.717) is 17.0 Å². The number of aromatic nitrogens is 2. The van der Waals surface area contributed by atoms with Crippen LogP contribution in [0.25, 0.3) is 11.8 Å². The van der Waals surface area contributed by atoms with E-state index < -0.39 is 0 Å². The third kappa shape index (κ3) is 2.68. The van der Waals surface area contributed by atoms with E-state index in [2.05, 4.69) is 5.10 Å². The maximum atomic E-state index is 12.8. The normalized spacial score (nSPS) is 15.5. The zero-order valence-electron chi connectivity index (χ0n) is 12.9. The summed E-state index contributed by atoms with van der Waals surface area (Å²) in [7, 11) is 0. The highest BCUT2D eigenvalue weighted by molar-refractivity contribution is 6.30. The summed E-state index contributed by atoms with van der Waals surface area (Å²) < 4.78 is 1.87. The van der Waals surface area contributed by atoms with Gasteiger partial charge < -0.3 is 0 Å². The van der Waals surface area contributed by atoms with Crippen LogP contribution in [0.5, 0.6) is 0 Å². The summed E-state index contributed by atoms with van der Waals surface area (Å²) in [5.41, 5.74) is 4.47. The van der Waals surface area contributed by atoms with Gasteiger partial charge in [0.05, 0.1) is 23.1 Å². The summed E-state index contributed by atoms with van der Waals surface area (Å²) in [6.07, 6.45) is 5.14. The van der Waals surface area contributed by atoms with E-state index in [0.717, 1.165) is 28.9 Å². The molecule has 4 rings (SSSR count). The van der Waals surface area contributed by atoms with E-state index in [1.165, 1.54) is 0 Å². The summed E-state index contributed by atoms with van der Waals surface area (Å²) >= 11 is 5.91. The Morgan fingerprint density at radius 2 is 1.75 bits per heavy atom. The standard InChI is InChI=1S/C20H15ClN2O/c21-16-9-6-14(7-10-16)12-15-8-11-19-18(20(15)24)13-22-23(19)17-4-2-1-3-5-17/h1-7,9-10,12-13H,8,11H2. The van der Waals surface area contributed by atoms with Gasteiger partial charge in [-0.25, -0.2) is 4.68 Å². The number of carbonyl (C=O) groups is 1. The summed E-state index contributed by atoms with van der Waals surface area (Å²) in [6, 6.07) is 17.4. The Balaban J connectivity index is 1.69. The second kappa shape index (κ2) is 6.10. The highest BCUT2D eigenvalue weighted by Gasteiger charge is 2.26. The molecule has 0 spiro atoms. The Morgan fingerprint density at radius 3 is 2.50 bits per heavy atom. The fraction of sp³-hybridized carbons (Fsp3) is 0.100. The Morgan fingerprint density at radius 1 is 1.00 bits per heavy atom. The Labute approximate surface area is 145 Å². The van der Waals surface area contributed by atoms with Crippen molar-refractivity contribution >= 4 is 23.5 Å². The van der Waals surface area contributed by atoms with Crippen LogP contribution in [0.15, 0.2) is 66.4 Å². The molecule has 1 aliphatic carbocycles. The average molecular weight is 335 g/mol. The van der Waals surface area contributed by atoms with E-state index in [1.54, 1.807) is 6.20 Å². The minimum atomic E-state index is 0.0633. The number of allylic oxidation sites excluding steroid dienone is 1. The zero-order chi connectivity index (χ0) is 16.5. The first-order valence-electron chi connectivity index (χ1n) is 7.85. The van der Waals surface area contributed by atoms with E-state index in [9.17, 15) is 4.79 Å². The molecule has 0 N–H and O–H groups in total. The molecule has 0 amide bonds. The predicted octanol–water partition coefficient (Wildman–Crippen LogP) is 4.74. The lowest BCUT2D eigenvalue weighted by atomic mass is 9.90. The molecule has 4 heteroatoms. The van der Waals surface area contributed by atoms with Crippen molar-refractivity contribution in [1.82, 2.24) is 9.78 Å². The molecule has 2 aromatic carbocycles. The molecule has 0 radical (unpaired) electrons. The van der Waals surface area contributed by atoms with Crippen molar-refractivity contribution < 1.29 is 4.79 Å². The lowest BCUT2D eigenvalue weighted by Crippen LogP contribution is -2.15. The van der Waals surface area contributed by atoms with Crippen molar-refractivity contribution in [2.75, 3.05) is 0 Å². The van der Waals surface area contributed by atoms with Crippen molar-refractivity contribution in [2.45, 2.75) is 12.8 Å². The first-order valence-corrected chi connectivity index (χ1v) is 8.23. The molecular weight excluding hydrogens is 320 g/mol. The molecule has 118 valence electrons. The molecule has 0 saturated heterocycles. The summed E-state index contributed by atoms with van der Waals surface area (Å²) in [5, 5.41) is 5.12. The zero-order valence-corrected chi connectivity index (χ0v) is 13.7. The molecule has 0 saturated carbocycles. The Bertz CT molecular complexity index is 924. The van der Waals surface area contributed by atoms with Crippen LogP contribution < -0.4 is 0 Å². The Kier molecular flexibility index (Phi) is 3.79. The van der Waals surface area contributed by atoms with Gasteiger partial charge in [0.25, 0.3) is 0 Å². The molecule has 24 heavy (non-hydrogen) atoms. The van der Waals surface area contributed by atoms with Crippen LogP contribution in [0.2, 0.25) is 5.02 Å². The van der Waals surface area contributed by atoms with E-state index in [-0.39, 0.29) is 5.78 Å². The molecule has 3 aromatic rings. The number of para-hydroxylation sites is 1. The van der Waals surface area contributed by atoms with Gasteiger partial charge in [-0.1, -0.05) is 41.9 Å². The number of carbonyl (C=O) groups excluding carboxylic acids is 1. The van der Waals surface area contributed by atoms with Crippen molar-refractivity contribution in [3.8, 4) is 5.69 Å². The van der Waals surface area contributed by atoms with E-state index in [4.69, 9.17) is 11.6 Å². The minimum absolute atomic E-state index is 0.0633. The third-order valence-electron chi connectivity index (χ3n) is 4.25. The second-order valence-electron chi connectivity index (χ2n) is 5.80. The number of Topliss-reactive ketones (excluding diaryl/α,β-unsaturated/α-hetero) is 1. The lowest BCUT2D eigenvalue weighted by molar-refractivity contribution is 0.102. The van der Waals surface area contributed by atoms with Crippen LogP contribution in [0.4, 0.5) is 0 Å². The second-order valence-corrected chi connectivity index (χ2v) is 6.24. The van der Waals surface area contributed by atoms with Gasteiger partial charge in [-0.3, -0.25) is 4.79 Å². The fourth-order valence-corrected chi connectivity index (χ4v) is 3.16. The van der Waals surface area contributed by atoms with E-state index >= 15 is 0 Å². The van der Waals surface area contributed by atoms with Crippen molar-refractivity contribution in [2.24, 2.45) is 0 Å². The van der Waals surface area contributed by atoms with Crippen LogP contribution in [0.3, 0.4) is 0 Å². The molecule has 1 aromatic heterocycles. The number of nitrogens with zero attached hydrogens (tertiary/aromatic N) is 2. The SMILES string of the molecule is O=C1C(=Cc2ccc(Cl)cc2)CCc2c1cnn2-c1ccccc1. The molecule has 0 bridgehead atoms. The predicted molar refractivity (Wildman–Crippen MR) is 95.6 cm³/mol. The highest BCUT2D eigenvalue weighted by atomic mass is 35.5. The third-order valence-corrected chi connectivity index (χ3v) is 4.50. The van der Waals surface area contributed by atoms with Crippen molar-refractivity contribution in [3.63, 3.8) is 0 Å². The van der Waals surface area contributed by atoms with Gasteiger partial charge in [0.15, 0.2) is 5.78 Å². The summed E-state index contributed by atoms with van der Waals surface area (Å²) in [6.45, 7) is 0. The number of hydrogen-bond donors (Lipinski definition) is 0. The molecule has 0 fully saturated rings. The first kappa shape index (κ1) is 14.9. The van der Waals surface area contributed by atoms with Gasteiger partial charge in [-0.2, -0.15) is 5.10 Å². The van der Waals surface area contributed by atoms with Crippen LogP contribution in [-0.4, -0.2) is 15.6 Å². The minimum Gasteiger partial charge on any atom is -0.289 e. The van der Waals surface area contributed by atoms with E-state index in [1.807, 2.05) is 65.4 Å². The van der Waals surface area contributed by atoms with Crippen LogP contribution in [-0.2, 0) is 6.42 Å². The molecule has 0 aliphatic heterocycles. The number of rotatable bonds is 2. The molecule has 3 nitrogen and oxygen atoms in total. The molecule has 1 heterocycles. The maximum Gasteiger partial charge on any atom is 0.192 e. The van der Waals surface area contributed by atoms with Gasteiger partial charge in [-0.05, 0) is 48.7 Å². The molecular formula is C20H15ClN2O. The first-order chi connectivity index (χ1) is 11.7. The number of fused-ring (bicyclic) bond motifs is 1. The number of hydrogen-bond acceptors (Lipinski definition) is 2. The van der Waals surface area contributed by atoms with Crippen LogP contribution in [0, 0.1) is 0 Å². The topological polar surface area (TPSA) is 34.9 Å². The highest BCUT2D eigenvalue weighted by Crippen LogP contribution is 2.28. The molecule has 0 atom stereocenters. The number of ketones is 1. The van der Waals surface area contributed by atoms with Gasteiger partial charge in [0.1, 0.15) is 0 Å². The number of halogens is 1. The number of benzene rings is 2. The quantitative estimate of drug-likeness (QED) is 0.634. The fourth-order valence-electron chi connectivity index (χ4n) is 3.03. The lowest BCUT2D eigenvalue weighted by Gasteiger charge is -2.16. The van der Waals surface area contributed by atoms with Gasteiger partial charge in [0, 0.05) is 10.6 Å². The Hall–Kier alpha value is -2.65. The van der Waals surface area contributed by atoms with Crippen molar-refractivity contribution in [3.05, 3.63) is 88.2 Å². The van der Waals surface area contributed by atoms with Crippen LogP contribution >= 0.6 is 11.6 Å².